The molecule has 1 N–H and O–H groups in total. The first kappa shape index (κ1) is 21.1. The first-order valence-corrected chi connectivity index (χ1v) is 10.1. The molecule has 4 rings (SSSR count). The van der Waals surface area contributed by atoms with Gasteiger partial charge in [0.15, 0.2) is 0 Å². The average molecular weight is 443 g/mol. The number of anilines is 1. The molecule has 1 saturated heterocycles. The maximum atomic E-state index is 12.8. The number of likely N-dealkylation sites (N-methyl/N-ethyl adjacent to an activating group) is 1. The van der Waals surface area contributed by atoms with Crippen molar-refractivity contribution in [1.29, 1.82) is 0 Å². The lowest BCUT2D eigenvalue weighted by molar-refractivity contribution is -0.113. The summed E-state index contributed by atoms with van der Waals surface area (Å²) in [6.45, 7) is 3.17. The van der Waals surface area contributed by atoms with Crippen molar-refractivity contribution in [2.75, 3.05) is 39.2 Å². The maximum absolute atomic E-state index is 12.8. The third-order valence-corrected chi connectivity index (χ3v) is 5.57. The second-order valence-corrected chi connectivity index (χ2v) is 7.87. The number of ether oxygens (including phenoxy) is 3. The van der Waals surface area contributed by atoms with Crippen LogP contribution < -0.4 is 14.8 Å². The van der Waals surface area contributed by atoms with Gasteiger partial charge in [0.1, 0.15) is 22.9 Å². The van der Waals surface area contributed by atoms with E-state index in [1.165, 1.54) is 0 Å². The molecule has 31 heavy (non-hydrogen) atoms. The van der Waals surface area contributed by atoms with Crippen LogP contribution in [0.4, 0.5) is 10.6 Å². The molecule has 1 aliphatic heterocycles. The highest BCUT2D eigenvalue weighted by atomic mass is 35.5. The summed E-state index contributed by atoms with van der Waals surface area (Å²) >= 11 is 6.11. The highest BCUT2D eigenvalue weighted by Gasteiger charge is 2.45. The Labute approximate surface area is 185 Å². The molecule has 0 bridgehead atoms. The third kappa shape index (κ3) is 4.35. The second kappa shape index (κ2) is 8.56. The predicted molar refractivity (Wildman–Crippen MR) is 118 cm³/mol. The van der Waals surface area contributed by atoms with Crippen molar-refractivity contribution in [3.63, 3.8) is 0 Å². The molecule has 1 fully saturated rings. The summed E-state index contributed by atoms with van der Waals surface area (Å²) in [5.41, 5.74) is 1.26. The Balaban J connectivity index is 1.49. The highest BCUT2D eigenvalue weighted by Crippen LogP contribution is 2.29. The van der Waals surface area contributed by atoms with E-state index in [9.17, 15) is 4.79 Å². The Morgan fingerprint density at radius 2 is 1.90 bits per heavy atom. The summed E-state index contributed by atoms with van der Waals surface area (Å²) < 4.78 is 16.1. The van der Waals surface area contributed by atoms with E-state index in [1.54, 1.807) is 43.3 Å². The minimum absolute atomic E-state index is 0.157. The number of rotatable bonds is 6. The van der Waals surface area contributed by atoms with Gasteiger partial charge in [0.2, 0.25) is 5.28 Å². The number of carbonyl (C=O) groups is 1. The Hall–Kier alpha value is -3.10. The minimum atomic E-state index is -0.572. The molecule has 3 aromatic rings. The molecule has 1 amide bonds. The minimum Gasteiger partial charge on any atom is -0.497 e. The molecule has 2 heterocycles. The molecule has 0 atom stereocenters. The molecule has 0 spiro atoms. The number of amides is 1. The van der Waals surface area contributed by atoms with Crippen LogP contribution in [0.1, 0.15) is 5.56 Å². The van der Waals surface area contributed by atoms with Crippen LogP contribution in [-0.4, -0.2) is 60.4 Å². The zero-order valence-corrected chi connectivity index (χ0v) is 18.3. The van der Waals surface area contributed by atoms with Crippen LogP contribution in [0, 0.1) is 6.92 Å². The molecule has 2 aromatic carbocycles. The number of hydrogen-bond acceptors (Lipinski definition) is 7. The molecule has 9 heteroatoms. The summed E-state index contributed by atoms with van der Waals surface area (Å²) in [7, 11) is 3.28. The van der Waals surface area contributed by atoms with Gasteiger partial charge in [-0.3, -0.25) is 4.90 Å². The van der Waals surface area contributed by atoms with Gasteiger partial charge >= 0.3 is 6.09 Å². The normalized spacial score (nSPS) is 14.6. The Kier molecular flexibility index (Phi) is 5.84. The van der Waals surface area contributed by atoms with Crippen molar-refractivity contribution >= 4 is 34.4 Å². The second-order valence-electron chi connectivity index (χ2n) is 7.54. The number of fused-ring (bicyclic) bond motifs is 1. The molecule has 0 aliphatic carbocycles. The summed E-state index contributed by atoms with van der Waals surface area (Å²) in [6.07, 6.45) is -0.475. The van der Waals surface area contributed by atoms with Gasteiger partial charge in [-0.2, -0.15) is 0 Å². The van der Waals surface area contributed by atoms with E-state index in [-0.39, 0.29) is 5.28 Å². The largest absolute Gasteiger partial charge is 0.497 e. The number of methoxy groups -OCH3 is 1. The zero-order valence-electron chi connectivity index (χ0n) is 17.5. The van der Waals surface area contributed by atoms with E-state index in [1.807, 2.05) is 25.1 Å². The van der Waals surface area contributed by atoms with Crippen LogP contribution in [-0.2, 0) is 4.74 Å². The van der Waals surface area contributed by atoms with E-state index in [4.69, 9.17) is 25.8 Å². The van der Waals surface area contributed by atoms with Crippen molar-refractivity contribution in [3.8, 4) is 11.5 Å². The number of halogens is 1. The van der Waals surface area contributed by atoms with Crippen LogP contribution in [0.15, 0.2) is 42.5 Å². The van der Waals surface area contributed by atoms with Gasteiger partial charge in [-0.1, -0.05) is 11.6 Å². The fourth-order valence-electron chi connectivity index (χ4n) is 3.36. The number of nitrogens with one attached hydrogen (secondary N) is 1. The number of hydrogen-bond donors (Lipinski definition) is 1. The topological polar surface area (TPSA) is 85.8 Å². The monoisotopic (exact) mass is 442 g/mol. The molecular weight excluding hydrogens is 420 g/mol. The van der Waals surface area contributed by atoms with E-state index >= 15 is 0 Å². The maximum Gasteiger partial charge on any atom is 0.415 e. The fraction of sp³-hybridized carbons (Fsp3) is 0.318. The molecule has 8 nitrogen and oxygen atoms in total. The lowest BCUT2D eigenvalue weighted by atomic mass is 9.95. The Bertz CT molecular complexity index is 1100. The van der Waals surface area contributed by atoms with Gasteiger partial charge in [0.25, 0.3) is 0 Å². The quantitative estimate of drug-likeness (QED) is 0.579. The molecule has 0 radical (unpaired) electrons. The van der Waals surface area contributed by atoms with Gasteiger partial charge in [-0.15, -0.1) is 0 Å². The molecule has 1 aromatic heterocycles. The van der Waals surface area contributed by atoms with Crippen molar-refractivity contribution in [1.82, 2.24) is 14.9 Å². The Morgan fingerprint density at radius 1 is 1.19 bits per heavy atom. The fourth-order valence-corrected chi connectivity index (χ4v) is 3.53. The summed E-state index contributed by atoms with van der Waals surface area (Å²) in [5.74, 6) is 1.74. The summed E-state index contributed by atoms with van der Waals surface area (Å²) in [4.78, 5) is 23.0. The van der Waals surface area contributed by atoms with Crippen molar-refractivity contribution < 1.29 is 19.0 Å². The van der Waals surface area contributed by atoms with Crippen LogP contribution >= 0.6 is 11.6 Å². The van der Waals surface area contributed by atoms with E-state index in [2.05, 4.69) is 15.3 Å². The molecule has 162 valence electrons. The zero-order chi connectivity index (χ0) is 22.0. The van der Waals surface area contributed by atoms with Crippen LogP contribution in [0.2, 0.25) is 5.28 Å². The predicted octanol–water partition coefficient (Wildman–Crippen LogP) is 3.91. The molecule has 0 unspecified atom stereocenters. The number of benzene rings is 2. The summed E-state index contributed by atoms with van der Waals surface area (Å²) in [5, 5.41) is 4.35. The number of nitrogens with zero attached hydrogens (tertiary/aromatic N) is 3. The first-order valence-electron chi connectivity index (χ1n) is 9.75. The van der Waals surface area contributed by atoms with E-state index < -0.39 is 11.6 Å². The van der Waals surface area contributed by atoms with E-state index in [0.717, 1.165) is 16.5 Å². The van der Waals surface area contributed by atoms with Crippen molar-refractivity contribution in [2.45, 2.75) is 12.5 Å². The van der Waals surface area contributed by atoms with Gasteiger partial charge in [-0.05, 0) is 54.9 Å². The number of aromatic nitrogens is 2. The van der Waals surface area contributed by atoms with Gasteiger partial charge in [-0.25, -0.2) is 14.8 Å². The SMILES string of the molecule is COc1ccc(OC(=O)N(C)C2(CNc3nc(Cl)nc4ccc(C)cc34)COC2)cc1. The smallest absolute Gasteiger partial charge is 0.415 e. The van der Waals surface area contributed by atoms with Crippen molar-refractivity contribution in [2.24, 2.45) is 0 Å². The number of carbonyl (C=O) groups excluding carboxylic acids is 1. The molecule has 1 aliphatic rings. The van der Waals surface area contributed by atoms with Crippen LogP contribution in [0.25, 0.3) is 10.9 Å². The number of aryl methyl sites for hydroxylation is 1. The lowest BCUT2D eigenvalue weighted by Gasteiger charge is -2.47. The highest BCUT2D eigenvalue weighted by molar-refractivity contribution is 6.28. The average Bonchev–Trinajstić information content (AvgIpc) is 2.73. The van der Waals surface area contributed by atoms with Gasteiger partial charge in [0.05, 0.1) is 25.8 Å². The van der Waals surface area contributed by atoms with Gasteiger partial charge < -0.3 is 19.5 Å². The molecule has 0 saturated carbocycles. The lowest BCUT2D eigenvalue weighted by Crippen LogP contribution is -2.66. The summed E-state index contributed by atoms with van der Waals surface area (Å²) in [6, 6.07) is 12.7. The standard InChI is InChI=1S/C22H23ClN4O4/c1-14-4-9-18-17(10-14)19(26-20(23)25-18)24-11-22(12-30-13-22)27(2)21(28)31-16-7-5-15(29-3)6-8-16/h4-10H,11-13H2,1-3H3,(H,24,25,26). The van der Waals surface area contributed by atoms with Gasteiger partial charge in [0, 0.05) is 19.0 Å². The van der Waals surface area contributed by atoms with E-state index in [0.29, 0.717) is 37.1 Å². The van der Waals surface area contributed by atoms with Crippen LogP contribution in [0.3, 0.4) is 0 Å². The Morgan fingerprint density at radius 3 is 2.55 bits per heavy atom. The van der Waals surface area contributed by atoms with Crippen molar-refractivity contribution in [3.05, 3.63) is 53.3 Å². The third-order valence-electron chi connectivity index (χ3n) is 5.40. The molecular formula is C22H23ClN4O4. The van der Waals surface area contributed by atoms with Crippen LogP contribution in [0.5, 0.6) is 11.5 Å². The first-order chi connectivity index (χ1) is 14.9.